The Morgan fingerprint density at radius 2 is 1.86 bits per heavy atom. The molecule has 2 N–H and O–H groups in total. The van der Waals surface area contributed by atoms with Gasteiger partial charge in [0.1, 0.15) is 0 Å². The summed E-state index contributed by atoms with van der Waals surface area (Å²) in [5, 5.41) is 5.37. The first-order valence-electron chi connectivity index (χ1n) is 8.08. The molecule has 1 atom stereocenters. The summed E-state index contributed by atoms with van der Waals surface area (Å²) in [4.78, 5) is 25.7. The van der Waals surface area contributed by atoms with E-state index in [1.807, 2.05) is 6.92 Å². The van der Waals surface area contributed by atoms with Gasteiger partial charge in [-0.25, -0.2) is 0 Å². The van der Waals surface area contributed by atoms with Crippen LogP contribution in [0.3, 0.4) is 0 Å². The van der Waals surface area contributed by atoms with Crippen LogP contribution in [-0.2, 0) is 9.59 Å². The third kappa shape index (κ3) is 5.18. The Morgan fingerprint density at radius 1 is 1.14 bits per heavy atom. The van der Waals surface area contributed by atoms with Gasteiger partial charge in [-0.3, -0.25) is 14.5 Å². The van der Waals surface area contributed by atoms with Crippen LogP contribution in [0.2, 0.25) is 0 Å². The highest BCUT2D eigenvalue weighted by Gasteiger charge is 2.27. The predicted octanol–water partition coefficient (Wildman–Crippen LogP) is 0.846. The molecule has 0 bridgehead atoms. The number of hydrogen-bond acceptors (Lipinski definition) is 4. The zero-order chi connectivity index (χ0) is 15.1. The molecule has 0 spiro atoms. The van der Waals surface area contributed by atoms with Crippen molar-refractivity contribution in [3.05, 3.63) is 0 Å². The van der Waals surface area contributed by atoms with Gasteiger partial charge in [-0.15, -0.1) is 0 Å². The molecule has 2 amide bonds. The van der Waals surface area contributed by atoms with E-state index in [1.165, 1.54) is 17.9 Å². The third-order valence-electron chi connectivity index (χ3n) is 4.36. The standard InChI is InChI=1S/C15H27N3O2S/c1-2-6-16-14(19)15(20)17-10-12-3-7-18(8-4-12)13-5-9-21-11-13/h12-13H,2-11H2,1H3,(H,16,19)(H,17,20). The van der Waals surface area contributed by atoms with Crippen LogP contribution in [0.5, 0.6) is 0 Å². The van der Waals surface area contributed by atoms with Gasteiger partial charge in [-0.1, -0.05) is 6.92 Å². The SMILES string of the molecule is CCCNC(=O)C(=O)NCC1CCN(C2CCSC2)CC1. The van der Waals surface area contributed by atoms with Crippen molar-refractivity contribution in [2.45, 2.75) is 38.6 Å². The Morgan fingerprint density at radius 3 is 2.48 bits per heavy atom. The van der Waals surface area contributed by atoms with Gasteiger partial charge in [0.05, 0.1) is 0 Å². The molecule has 5 nitrogen and oxygen atoms in total. The van der Waals surface area contributed by atoms with Crippen molar-refractivity contribution >= 4 is 23.6 Å². The van der Waals surface area contributed by atoms with E-state index < -0.39 is 11.8 Å². The Bertz CT molecular complexity index is 351. The van der Waals surface area contributed by atoms with Crippen LogP contribution in [-0.4, -0.2) is 60.4 Å². The maximum absolute atomic E-state index is 11.6. The van der Waals surface area contributed by atoms with Gasteiger partial charge in [0.15, 0.2) is 0 Å². The van der Waals surface area contributed by atoms with Crippen LogP contribution in [0.25, 0.3) is 0 Å². The van der Waals surface area contributed by atoms with Crippen LogP contribution in [0, 0.1) is 5.92 Å². The maximum atomic E-state index is 11.6. The molecule has 0 radical (unpaired) electrons. The third-order valence-corrected chi connectivity index (χ3v) is 5.51. The average Bonchev–Trinajstić information content (AvgIpc) is 3.05. The van der Waals surface area contributed by atoms with Gasteiger partial charge in [-0.2, -0.15) is 11.8 Å². The van der Waals surface area contributed by atoms with Gasteiger partial charge in [-0.05, 0) is 50.4 Å². The first kappa shape index (κ1) is 16.6. The van der Waals surface area contributed by atoms with Crippen molar-refractivity contribution < 1.29 is 9.59 Å². The highest BCUT2D eigenvalue weighted by atomic mass is 32.2. The lowest BCUT2D eigenvalue weighted by Crippen LogP contribution is -2.46. The van der Waals surface area contributed by atoms with Gasteiger partial charge >= 0.3 is 11.8 Å². The minimum atomic E-state index is -0.503. The summed E-state index contributed by atoms with van der Waals surface area (Å²) in [6, 6.07) is 0.769. The van der Waals surface area contributed by atoms with Crippen molar-refractivity contribution in [2.24, 2.45) is 5.92 Å². The van der Waals surface area contributed by atoms with Gasteiger partial charge in [0.25, 0.3) is 0 Å². The van der Waals surface area contributed by atoms with E-state index in [1.54, 1.807) is 0 Å². The second-order valence-electron chi connectivity index (χ2n) is 5.96. The molecule has 0 aromatic rings. The molecule has 6 heteroatoms. The molecule has 2 aliphatic rings. The summed E-state index contributed by atoms with van der Waals surface area (Å²) in [6.07, 6.45) is 4.41. The topological polar surface area (TPSA) is 61.4 Å². The smallest absolute Gasteiger partial charge is 0.309 e. The number of likely N-dealkylation sites (tertiary alicyclic amines) is 1. The largest absolute Gasteiger partial charge is 0.348 e. The normalized spacial score (nSPS) is 24.0. The number of carbonyl (C=O) groups excluding carboxylic acids is 2. The van der Waals surface area contributed by atoms with E-state index in [2.05, 4.69) is 27.3 Å². The van der Waals surface area contributed by atoms with Crippen LogP contribution in [0.4, 0.5) is 0 Å². The molecule has 0 aromatic carbocycles. The number of nitrogens with one attached hydrogen (secondary N) is 2. The minimum absolute atomic E-state index is 0.488. The number of amides is 2. The molecule has 0 saturated carbocycles. The molecular formula is C15H27N3O2S. The summed E-state index contributed by atoms with van der Waals surface area (Å²) in [5.41, 5.74) is 0. The molecule has 2 rings (SSSR count). The van der Waals surface area contributed by atoms with Crippen LogP contribution in [0.1, 0.15) is 32.6 Å². The summed E-state index contributed by atoms with van der Waals surface area (Å²) < 4.78 is 0. The lowest BCUT2D eigenvalue weighted by molar-refractivity contribution is -0.139. The summed E-state index contributed by atoms with van der Waals surface area (Å²) in [6.45, 7) is 5.42. The van der Waals surface area contributed by atoms with Crippen LogP contribution >= 0.6 is 11.8 Å². The summed E-state index contributed by atoms with van der Waals surface area (Å²) in [7, 11) is 0. The Hall–Kier alpha value is -0.750. The Balaban J connectivity index is 1.62. The first-order chi connectivity index (χ1) is 10.2. The molecule has 2 fully saturated rings. The van der Waals surface area contributed by atoms with Crippen molar-refractivity contribution in [3.8, 4) is 0 Å². The summed E-state index contributed by atoms with van der Waals surface area (Å²) in [5.74, 6) is 2.10. The minimum Gasteiger partial charge on any atom is -0.348 e. The number of hydrogen-bond donors (Lipinski definition) is 2. The fourth-order valence-corrected chi connectivity index (χ4v) is 4.22. The van der Waals surface area contributed by atoms with E-state index >= 15 is 0 Å². The van der Waals surface area contributed by atoms with Crippen molar-refractivity contribution in [2.75, 3.05) is 37.7 Å². The predicted molar refractivity (Wildman–Crippen MR) is 86.3 cm³/mol. The van der Waals surface area contributed by atoms with Crippen molar-refractivity contribution in [1.82, 2.24) is 15.5 Å². The van der Waals surface area contributed by atoms with E-state index in [0.29, 0.717) is 19.0 Å². The first-order valence-corrected chi connectivity index (χ1v) is 9.24. The van der Waals surface area contributed by atoms with E-state index in [-0.39, 0.29) is 0 Å². The number of piperidine rings is 1. The molecule has 1 unspecified atom stereocenters. The van der Waals surface area contributed by atoms with Gasteiger partial charge in [0.2, 0.25) is 0 Å². The Labute approximate surface area is 131 Å². The van der Waals surface area contributed by atoms with Crippen molar-refractivity contribution in [3.63, 3.8) is 0 Å². The highest BCUT2D eigenvalue weighted by molar-refractivity contribution is 7.99. The molecule has 120 valence electrons. The van der Waals surface area contributed by atoms with E-state index in [9.17, 15) is 9.59 Å². The zero-order valence-corrected chi connectivity index (χ0v) is 13.7. The maximum Gasteiger partial charge on any atom is 0.309 e. The molecule has 2 aliphatic heterocycles. The lowest BCUT2D eigenvalue weighted by atomic mass is 9.95. The van der Waals surface area contributed by atoms with Crippen LogP contribution in [0.15, 0.2) is 0 Å². The fraction of sp³-hybridized carbons (Fsp3) is 0.867. The second-order valence-corrected chi connectivity index (χ2v) is 7.11. The molecule has 0 aliphatic carbocycles. The summed E-state index contributed by atoms with van der Waals surface area (Å²) >= 11 is 2.06. The molecule has 0 aromatic heterocycles. The average molecular weight is 313 g/mol. The lowest BCUT2D eigenvalue weighted by Gasteiger charge is -2.35. The molecule has 21 heavy (non-hydrogen) atoms. The van der Waals surface area contributed by atoms with Crippen LogP contribution < -0.4 is 10.6 Å². The molecule has 2 saturated heterocycles. The molecule has 2 heterocycles. The highest BCUT2D eigenvalue weighted by Crippen LogP contribution is 2.26. The van der Waals surface area contributed by atoms with Crippen molar-refractivity contribution in [1.29, 1.82) is 0 Å². The molecular weight excluding hydrogens is 286 g/mol. The van der Waals surface area contributed by atoms with Gasteiger partial charge < -0.3 is 10.6 Å². The quantitative estimate of drug-likeness (QED) is 0.739. The number of rotatable bonds is 5. The Kier molecular flexibility index (Phi) is 6.83. The fourth-order valence-electron chi connectivity index (χ4n) is 2.97. The second kappa shape index (κ2) is 8.63. The van der Waals surface area contributed by atoms with E-state index in [4.69, 9.17) is 0 Å². The van der Waals surface area contributed by atoms with E-state index in [0.717, 1.165) is 38.4 Å². The number of nitrogens with zero attached hydrogens (tertiary/aromatic N) is 1. The number of thioether (sulfide) groups is 1. The number of carbonyl (C=O) groups is 2. The zero-order valence-electron chi connectivity index (χ0n) is 12.9. The van der Waals surface area contributed by atoms with Gasteiger partial charge in [0, 0.05) is 24.9 Å². The monoisotopic (exact) mass is 313 g/mol.